The van der Waals surface area contributed by atoms with Crippen LogP contribution in [-0.4, -0.2) is 29.9 Å². The maximum absolute atomic E-state index is 12.8. The van der Waals surface area contributed by atoms with Crippen molar-refractivity contribution >= 4 is 11.6 Å². The lowest BCUT2D eigenvalue weighted by molar-refractivity contribution is -0.131. The van der Waals surface area contributed by atoms with Gasteiger partial charge in [-0.15, -0.1) is 0 Å². The molecule has 1 aromatic rings. The first-order chi connectivity index (χ1) is 8.69. The summed E-state index contributed by atoms with van der Waals surface area (Å²) in [6.45, 7) is 3.48. The Morgan fingerprint density at radius 3 is 2.83 bits per heavy atom. The molecular weight excluding hydrogens is 231 g/mol. The molecule has 1 aromatic carbocycles. The zero-order valence-electron chi connectivity index (χ0n) is 10.7. The van der Waals surface area contributed by atoms with E-state index in [1.807, 2.05) is 11.8 Å². The van der Waals surface area contributed by atoms with Crippen LogP contribution in [0, 0.1) is 5.82 Å². The van der Waals surface area contributed by atoms with Crippen LogP contribution in [0.2, 0.25) is 0 Å². The van der Waals surface area contributed by atoms with Crippen molar-refractivity contribution in [3.63, 3.8) is 0 Å². The van der Waals surface area contributed by atoms with Crippen molar-refractivity contribution in [2.24, 2.45) is 0 Å². The van der Waals surface area contributed by atoms with Gasteiger partial charge in [-0.1, -0.05) is 6.92 Å². The minimum Gasteiger partial charge on any atom is -0.381 e. The van der Waals surface area contributed by atoms with E-state index < -0.39 is 0 Å². The standard InChI is InChI=1S/C14H19FN2O/c1-2-14(18)17-9-3-4-13(10-17)16-12-7-5-11(15)6-8-12/h5-8,13,16H,2-4,9-10H2,1H3/t13-/m0/s1. The van der Waals surface area contributed by atoms with Crippen LogP contribution >= 0.6 is 0 Å². The molecule has 18 heavy (non-hydrogen) atoms. The van der Waals surface area contributed by atoms with Crippen LogP contribution in [0.3, 0.4) is 0 Å². The molecule has 0 unspecified atom stereocenters. The van der Waals surface area contributed by atoms with Crippen molar-refractivity contribution in [2.75, 3.05) is 18.4 Å². The molecule has 1 saturated heterocycles. The molecule has 1 aliphatic heterocycles. The van der Waals surface area contributed by atoms with Crippen molar-refractivity contribution in [3.8, 4) is 0 Å². The van der Waals surface area contributed by atoms with E-state index in [1.165, 1.54) is 12.1 Å². The SMILES string of the molecule is CCC(=O)N1CCC[C@H](Nc2ccc(F)cc2)C1. The molecule has 1 atom stereocenters. The summed E-state index contributed by atoms with van der Waals surface area (Å²) in [5.41, 5.74) is 0.909. The number of benzene rings is 1. The number of anilines is 1. The number of carbonyl (C=O) groups excluding carboxylic acids is 1. The molecule has 1 amide bonds. The predicted molar refractivity (Wildman–Crippen MR) is 69.9 cm³/mol. The second kappa shape index (κ2) is 5.85. The highest BCUT2D eigenvalue weighted by Crippen LogP contribution is 2.17. The quantitative estimate of drug-likeness (QED) is 0.894. The largest absolute Gasteiger partial charge is 0.381 e. The van der Waals surface area contributed by atoms with Crippen LogP contribution in [0.5, 0.6) is 0 Å². The van der Waals surface area contributed by atoms with E-state index in [9.17, 15) is 9.18 Å². The number of hydrogen-bond acceptors (Lipinski definition) is 2. The van der Waals surface area contributed by atoms with Gasteiger partial charge in [0.25, 0.3) is 0 Å². The van der Waals surface area contributed by atoms with E-state index in [2.05, 4.69) is 5.32 Å². The summed E-state index contributed by atoms with van der Waals surface area (Å²) >= 11 is 0. The fourth-order valence-corrected chi connectivity index (χ4v) is 2.33. The van der Waals surface area contributed by atoms with Gasteiger partial charge < -0.3 is 10.2 Å². The molecule has 0 spiro atoms. The first-order valence-electron chi connectivity index (χ1n) is 6.49. The average molecular weight is 250 g/mol. The average Bonchev–Trinajstić information content (AvgIpc) is 2.41. The van der Waals surface area contributed by atoms with Gasteiger partial charge in [0, 0.05) is 31.2 Å². The second-order valence-electron chi connectivity index (χ2n) is 4.68. The smallest absolute Gasteiger partial charge is 0.222 e. The minimum atomic E-state index is -0.230. The van der Waals surface area contributed by atoms with E-state index in [4.69, 9.17) is 0 Å². The molecule has 0 saturated carbocycles. The number of nitrogens with zero attached hydrogens (tertiary/aromatic N) is 1. The third kappa shape index (κ3) is 3.22. The Kier molecular flexibility index (Phi) is 4.18. The Morgan fingerprint density at radius 2 is 2.17 bits per heavy atom. The Balaban J connectivity index is 1.93. The summed E-state index contributed by atoms with van der Waals surface area (Å²) < 4.78 is 12.8. The molecule has 3 nitrogen and oxygen atoms in total. The van der Waals surface area contributed by atoms with Crippen LogP contribution in [0.1, 0.15) is 26.2 Å². The van der Waals surface area contributed by atoms with Gasteiger partial charge in [-0.05, 0) is 37.1 Å². The van der Waals surface area contributed by atoms with E-state index in [-0.39, 0.29) is 17.8 Å². The first-order valence-corrected chi connectivity index (χ1v) is 6.49. The van der Waals surface area contributed by atoms with Gasteiger partial charge in [-0.25, -0.2) is 4.39 Å². The second-order valence-corrected chi connectivity index (χ2v) is 4.68. The molecular formula is C14H19FN2O. The van der Waals surface area contributed by atoms with Crippen molar-refractivity contribution in [1.82, 2.24) is 4.90 Å². The van der Waals surface area contributed by atoms with Crippen molar-refractivity contribution in [3.05, 3.63) is 30.1 Å². The Bertz CT molecular complexity index is 405. The van der Waals surface area contributed by atoms with Gasteiger partial charge in [-0.3, -0.25) is 4.79 Å². The first kappa shape index (κ1) is 12.9. The fourth-order valence-electron chi connectivity index (χ4n) is 2.33. The van der Waals surface area contributed by atoms with Gasteiger partial charge in [0.15, 0.2) is 0 Å². The highest BCUT2D eigenvalue weighted by atomic mass is 19.1. The highest BCUT2D eigenvalue weighted by molar-refractivity contribution is 5.76. The lowest BCUT2D eigenvalue weighted by atomic mass is 10.0. The highest BCUT2D eigenvalue weighted by Gasteiger charge is 2.22. The molecule has 2 rings (SSSR count). The van der Waals surface area contributed by atoms with Gasteiger partial charge in [0.1, 0.15) is 5.82 Å². The number of nitrogens with one attached hydrogen (secondary N) is 1. The van der Waals surface area contributed by atoms with Crippen LogP contribution in [0.15, 0.2) is 24.3 Å². The molecule has 0 radical (unpaired) electrons. The molecule has 1 N–H and O–H groups in total. The molecule has 0 aliphatic carbocycles. The zero-order valence-corrected chi connectivity index (χ0v) is 10.7. The number of hydrogen-bond donors (Lipinski definition) is 1. The van der Waals surface area contributed by atoms with Crippen LogP contribution < -0.4 is 5.32 Å². The summed E-state index contributed by atoms with van der Waals surface area (Å²) in [5.74, 6) is -0.0208. The summed E-state index contributed by atoms with van der Waals surface area (Å²) in [6.07, 6.45) is 2.62. The Labute approximate surface area is 107 Å². The van der Waals surface area contributed by atoms with Crippen LogP contribution in [-0.2, 0) is 4.79 Å². The van der Waals surface area contributed by atoms with E-state index in [0.29, 0.717) is 6.42 Å². The number of halogens is 1. The maximum atomic E-state index is 12.8. The summed E-state index contributed by atoms with van der Waals surface area (Å²) in [5, 5.41) is 3.36. The third-order valence-corrected chi connectivity index (χ3v) is 3.29. The number of likely N-dealkylation sites (tertiary alicyclic amines) is 1. The van der Waals surface area contributed by atoms with Crippen molar-refractivity contribution < 1.29 is 9.18 Å². The summed E-state index contributed by atoms with van der Waals surface area (Å²) in [6, 6.07) is 6.62. The van der Waals surface area contributed by atoms with Crippen molar-refractivity contribution in [2.45, 2.75) is 32.2 Å². The molecule has 98 valence electrons. The zero-order chi connectivity index (χ0) is 13.0. The van der Waals surface area contributed by atoms with E-state index >= 15 is 0 Å². The minimum absolute atomic E-state index is 0.209. The fraction of sp³-hybridized carbons (Fsp3) is 0.500. The number of rotatable bonds is 3. The topological polar surface area (TPSA) is 32.3 Å². The molecule has 1 aliphatic rings. The number of amides is 1. The molecule has 4 heteroatoms. The Hall–Kier alpha value is -1.58. The molecule has 0 bridgehead atoms. The van der Waals surface area contributed by atoms with Crippen molar-refractivity contribution in [1.29, 1.82) is 0 Å². The van der Waals surface area contributed by atoms with Gasteiger partial charge in [0.05, 0.1) is 0 Å². The normalized spacial score (nSPS) is 19.7. The maximum Gasteiger partial charge on any atom is 0.222 e. The van der Waals surface area contributed by atoms with Crippen LogP contribution in [0.4, 0.5) is 10.1 Å². The summed E-state index contributed by atoms with van der Waals surface area (Å²) in [4.78, 5) is 13.6. The van der Waals surface area contributed by atoms with Gasteiger partial charge >= 0.3 is 0 Å². The summed E-state index contributed by atoms with van der Waals surface area (Å²) in [7, 11) is 0. The van der Waals surface area contributed by atoms with Gasteiger partial charge in [-0.2, -0.15) is 0 Å². The van der Waals surface area contributed by atoms with Crippen LogP contribution in [0.25, 0.3) is 0 Å². The molecule has 1 heterocycles. The lowest BCUT2D eigenvalue weighted by Gasteiger charge is -2.33. The lowest BCUT2D eigenvalue weighted by Crippen LogP contribution is -2.44. The molecule has 1 fully saturated rings. The molecule has 0 aromatic heterocycles. The monoisotopic (exact) mass is 250 g/mol. The third-order valence-electron chi connectivity index (χ3n) is 3.29. The van der Waals surface area contributed by atoms with E-state index in [0.717, 1.165) is 31.6 Å². The predicted octanol–water partition coefficient (Wildman–Crippen LogP) is 2.64. The number of carbonyl (C=O) groups is 1. The van der Waals surface area contributed by atoms with Gasteiger partial charge in [0.2, 0.25) is 5.91 Å². The Morgan fingerprint density at radius 1 is 1.44 bits per heavy atom. The number of piperidine rings is 1. The van der Waals surface area contributed by atoms with E-state index in [1.54, 1.807) is 12.1 Å².